The Morgan fingerprint density at radius 1 is 0.867 bits per heavy atom. The van der Waals surface area contributed by atoms with Gasteiger partial charge in [-0.3, -0.25) is 0 Å². The van der Waals surface area contributed by atoms with Crippen molar-refractivity contribution in [3.8, 4) is 22.4 Å². The van der Waals surface area contributed by atoms with E-state index in [1.807, 2.05) is 50.5 Å². The number of furan rings is 1. The summed E-state index contributed by atoms with van der Waals surface area (Å²) < 4.78 is 8.59. The lowest BCUT2D eigenvalue weighted by Gasteiger charge is -2.08. The van der Waals surface area contributed by atoms with E-state index in [1.165, 1.54) is 0 Å². The number of hydrogen-bond acceptors (Lipinski definition) is 1. The molecule has 3 nitrogen and oxygen atoms in total. The van der Waals surface area contributed by atoms with Crippen molar-refractivity contribution in [2.75, 3.05) is 0 Å². The first-order chi connectivity index (χ1) is 14.6. The van der Waals surface area contributed by atoms with Crippen LogP contribution in [-0.2, 0) is 7.05 Å². The van der Waals surface area contributed by atoms with E-state index in [1.54, 1.807) is 0 Å². The highest BCUT2D eigenvalue weighted by Crippen LogP contribution is 2.44. The summed E-state index contributed by atoms with van der Waals surface area (Å²) in [4.78, 5) is 3.86. The molecule has 0 unspecified atom stereocenters. The molecule has 5 rings (SSSR count). The third-order valence-corrected chi connectivity index (χ3v) is 5.85. The number of benzene rings is 3. The molecule has 0 radical (unpaired) electrons. The number of nitrogens with zero attached hydrogens (tertiary/aromatic N) is 2. The molecular weight excluding hydrogens is 368 g/mol. The van der Waals surface area contributed by atoms with Gasteiger partial charge in [0, 0.05) is 22.9 Å². The van der Waals surface area contributed by atoms with Crippen molar-refractivity contribution in [3.63, 3.8) is 0 Å². The van der Waals surface area contributed by atoms with Gasteiger partial charge in [-0.1, -0.05) is 48.5 Å². The summed E-state index contributed by atoms with van der Waals surface area (Å²) >= 11 is 0. The lowest BCUT2D eigenvalue weighted by Crippen LogP contribution is -2.30. The second kappa shape index (κ2) is 6.86. The predicted octanol–water partition coefficient (Wildman–Crippen LogP) is 6.91. The molecule has 0 aliphatic carbocycles. The molecule has 0 N–H and O–H groups in total. The van der Waals surface area contributed by atoms with Crippen LogP contribution in [-0.4, -0.2) is 0 Å². The highest BCUT2D eigenvalue weighted by molar-refractivity contribution is 6.13. The molecule has 3 heteroatoms. The second-order valence-corrected chi connectivity index (χ2v) is 7.69. The van der Waals surface area contributed by atoms with Crippen molar-refractivity contribution < 1.29 is 8.98 Å². The van der Waals surface area contributed by atoms with Gasteiger partial charge in [-0.2, -0.15) is 0 Å². The van der Waals surface area contributed by atoms with E-state index in [2.05, 4.69) is 52.7 Å². The largest absolute Gasteiger partial charge is 0.456 e. The first kappa shape index (κ1) is 18.1. The molecule has 0 aliphatic heterocycles. The smallest absolute Gasteiger partial charge is 0.216 e. The standard InChI is InChI=1S/C27H21N2O/c1-17-13-14-20-22-16-21(19-10-6-5-7-11-19)25(28-3)18(2)26(22)30-27(20)24(17)23-12-8-9-15-29(23)4/h5-16H,1-2,4H3/q+1. The van der Waals surface area contributed by atoms with Gasteiger partial charge in [-0.25, -0.2) is 9.41 Å². The molecule has 0 bridgehead atoms. The van der Waals surface area contributed by atoms with Crippen molar-refractivity contribution in [1.29, 1.82) is 0 Å². The van der Waals surface area contributed by atoms with Crippen molar-refractivity contribution in [2.24, 2.45) is 7.05 Å². The van der Waals surface area contributed by atoms with Gasteiger partial charge >= 0.3 is 0 Å². The molecule has 0 aliphatic rings. The Hall–Kier alpha value is -3.90. The molecule has 30 heavy (non-hydrogen) atoms. The molecule has 0 atom stereocenters. The number of pyridine rings is 1. The van der Waals surface area contributed by atoms with Crippen LogP contribution in [0.1, 0.15) is 11.1 Å². The van der Waals surface area contributed by atoms with Crippen molar-refractivity contribution >= 4 is 27.6 Å². The van der Waals surface area contributed by atoms with Crippen LogP contribution in [0.25, 0.3) is 49.2 Å². The number of fused-ring (bicyclic) bond motifs is 3. The molecule has 0 spiro atoms. The number of aryl methyl sites for hydroxylation is 3. The first-order valence-electron chi connectivity index (χ1n) is 9.97. The van der Waals surface area contributed by atoms with Crippen molar-refractivity contribution in [2.45, 2.75) is 13.8 Å². The Morgan fingerprint density at radius 3 is 2.37 bits per heavy atom. The van der Waals surface area contributed by atoms with E-state index in [0.717, 1.165) is 55.4 Å². The van der Waals surface area contributed by atoms with Crippen LogP contribution in [0, 0.1) is 20.4 Å². The zero-order chi connectivity index (χ0) is 20.8. The van der Waals surface area contributed by atoms with Gasteiger partial charge < -0.3 is 4.42 Å². The Bertz CT molecular complexity index is 1470. The summed E-state index contributed by atoms with van der Waals surface area (Å²) in [7, 11) is 2.05. The molecule has 2 heterocycles. The van der Waals surface area contributed by atoms with Crippen LogP contribution in [0.15, 0.2) is 77.3 Å². The van der Waals surface area contributed by atoms with Crippen LogP contribution >= 0.6 is 0 Å². The topological polar surface area (TPSA) is 21.4 Å². The van der Waals surface area contributed by atoms with Gasteiger partial charge in [0.2, 0.25) is 11.4 Å². The minimum Gasteiger partial charge on any atom is -0.456 e. The Labute approximate surface area is 175 Å². The third kappa shape index (κ3) is 2.62. The fourth-order valence-electron chi connectivity index (χ4n) is 4.31. The summed E-state index contributed by atoms with van der Waals surface area (Å²) in [6.07, 6.45) is 2.05. The third-order valence-electron chi connectivity index (χ3n) is 5.85. The Kier molecular flexibility index (Phi) is 4.15. The monoisotopic (exact) mass is 389 g/mol. The van der Waals surface area contributed by atoms with Crippen LogP contribution in [0.4, 0.5) is 5.69 Å². The van der Waals surface area contributed by atoms with E-state index in [4.69, 9.17) is 11.0 Å². The van der Waals surface area contributed by atoms with E-state index in [9.17, 15) is 0 Å². The molecule has 3 aromatic carbocycles. The highest BCUT2D eigenvalue weighted by atomic mass is 16.3. The molecule has 2 aromatic heterocycles. The van der Waals surface area contributed by atoms with Gasteiger partial charge in [-0.05, 0) is 42.2 Å². The van der Waals surface area contributed by atoms with Crippen molar-refractivity contribution in [3.05, 3.63) is 95.5 Å². The van der Waals surface area contributed by atoms with Crippen LogP contribution in [0.3, 0.4) is 0 Å². The summed E-state index contributed by atoms with van der Waals surface area (Å²) in [5.74, 6) is 0. The molecule has 0 fully saturated rings. The van der Waals surface area contributed by atoms with Crippen LogP contribution in [0.5, 0.6) is 0 Å². The maximum atomic E-state index is 7.80. The summed E-state index contributed by atoms with van der Waals surface area (Å²) in [5, 5.41) is 2.12. The minimum atomic E-state index is 0.649. The van der Waals surface area contributed by atoms with E-state index >= 15 is 0 Å². The SMILES string of the molecule is [C-]#[N+]c1c(-c2ccccc2)cc2c(oc3c(-c4cccc[n+]4C)c(C)ccc32)c1C. The maximum absolute atomic E-state index is 7.80. The van der Waals surface area contributed by atoms with Gasteiger partial charge in [0.15, 0.2) is 6.20 Å². The average molecular weight is 389 g/mol. The number of rotatable bonds is 2. The zero-order valence-electron chi connectivity index (χ0n) is 17.2. The molecule has 144 valence electrons. The first-order valence-corrected chi connectivity index (χ1v) is 9.97. The number of aromatic nitrogens is 1. The quantitative estimate of drug-likeness (QED) is 0.237. The zero-order valence-corrected chi connectivity index (χ0v) is 17.2. The molecule has 5 aromatic rings. The summed E-state index contributed by atoms with van der Waals surface area (Å²) in [6.45, 7) is 11.9. The van der Waals surface area contributed by atoms with E-state index in [-0.39, 0.29) is 0 Å². The normalized spacial score (nSPS) is 11.1. The number of hydrogen-bond donors (Lipinski definition) is 0. The summed E-state index contributed by atoms with van der Waals surface area (Å²) in [6, 6.07) is 22.7. The van der Waals surface area contributed by atoms with E-state index < -0.39 is 0 Å². The minimum absolute atomic E-state index is 0.649. The van der Waals surface area contributed by atoms with Gasteiger partial charge in [-0.15, -0.1) is 0 Å². The lowest BCUT2D eigenvalue weighted by molar-refractivity contribution is -0.660. The van der Waals surface area contributed by atoms with Crippen LogP contribution < -0.4 is 4.57 Å². The highest BCUT2D eigenvalue weighted by Gasteiger charge is 2.22. The fraction of sp³-hybridized carbons (Fsp3) is 0.111. The molecule has 0 saturated carbocycles. The van der Waals surface area contributed by atoms with Crippen LogP contribution in [0.2, 0.25) is 0 Å². The second-order valence-electron chi connectivity index (χ2n) is 7.69. The Morgan fingerprint density at radius 2 is 1.63 bits per heavy atom. The van der Waals surface area contributed by atoms with Gasteiger partial charge in [0.05, 0.1) is 12.1 Å². The van der Waals surface area contributed by atoms with Gasteiger partial charge in [0.25, 0.3) is 0 Å². The van der Waals surface area contributed by atoms with E-state index in [0.29, 0.717) is 5.69 Å². The fourth-order valence-corrected chi connectivity index (χ4v) is 4.31. The lowest BCUT2D eigenvalue weighted by atomic mass is 9.96. The maximum Gasteiger partial charge on any atom is 0.216 e. The molecule has 0 amide bonds. The average Bonchev–Trinajstić information content (AvgIpc) is 3.14. The predicted molar refractivity (Wildman–Crippen MR) is 122 cm³/mol. The van der Waals surface area contributed by atoms with Gasteiger partial charge in [0.1, 0.15) is 18.2 Å². The van der Waals surface area contributed by atoms with Crippen molar-refractivity contribution in [1.82, 2.24) is 0 Å². The Balaban J connectivity index is 1.92. The molecule has 0 saturated heterocycles. The molecular formula is C27H21N2O+. The summed E-state index contributed by atoms with van der Waals surface area (Å²) in [5.41, 5.74) is 8.56.